The van der Waals surface area contributed by atoms with Crippen LogP contribution in [0.1, 0.15) is 10.4 Å². The molecule has 0 spiro atoms. The van der Waals surface area contributed by atoms with Gasteiger partial charge in [-0.15, -0.1) is 0 Å². The minimum atomic E-state index is -0.173. The normalized spacial score (nSPS) is 9.89. The van der Waals surface area contributed by atoms with Crippen molar-refractivity contribution < 1.29 is 9.53 Å². The van der Waals surface area contributed by atoms with Crippen LogP contribution in [0, 0.1) is 3.57 Å². The monoisotopic (exact) mass is 353 g/mol. The van der Waals surface area contributed by atoms with E-state index in [1.807, 2.05) is 36.4 Å². The fourth-order valence-electron chi connectivity index (χ4n) is 1.56. The summed E-state index contributed by atoms with van der Waals surface area (Å²) in [6.07, 6.45) is 0. The first-order valence-electron chi connectivity index (χ1n) is 5.40. The Morgan fingerprint density at radius 3 is 2.44 bits per heavy atom. The van der Waals surface area contributed by atoms with Gasteiger partial charge in [-0.1, -0.05) is 12.1 Å². The van der Waals surface area contributed by atoms with Crippen LogP contribution in [0.5, 0.6) is 5.75 Å². The minimum absolute atomic E-state index is 0.173. The van der Waals surface area contributed by atoms with Crippen molar-refractivity contribution in [1.82, 2.24) is 0 Å². The van der Waals surface area contributed by atoms with Crippen LogP contribution in [0.4, 0.5) is 5.69 Å². The lowest BCUT2D eigenvalue weighted by Gasteiger charge is -2.09. The van der Waals surface area contributed by atoms with Gasteiger partial charge in [0.1, 0.15) is 5.75 Å². The van der Waals surface area contributed by atoms with Crippen LogP contribution >= 0.6 is 22.6 Å². The molecule has 0 aromatic heterocycles. The second-order valence-electron chi connectivity index (χ2n) is 3.66. The summed E-state index contributed by atoms with van der Waals surface area (Å²) in [6.45, 7) is 0. The SMILES string of the molecule is COc1ccccc1C(=O)Nc1ccc(I)cc1. The second-order valence-corrected chi connectivity index (χ2v) is 4.91. The van der Waals surface area contributed by atoms with Crippen LogP contribution in [0.3, 0.4) is 0 Å². The third-order valence-electron chi connectivity index (χ3n) is 2.45. The summed E-state index contributed by atoms with van der Waals surface area (Å²) in [5, 5.41) is 2.84. The lowest BCUT2D eigenvalue weighted by molar-refractivity contribution is 0.102. The molecule has 0 heterocycles. The molecule has 1 N–H and O–H groups in total. The molecule has 0 fully saturated rings. The van der Waals surface area contributed by atoms with Crippen molar-refractivity contribution in [3.8, 4) is 5.75 Å². The number of nitrogens with one attached hydrogen (secondary N) is 1. The number of carbonyl (C=O) groups is 1. The van der Waals surface area contributed by atoms with E-state index in [1.165, 1.54) is 0 Å². The van der Waals surface area contributed by atoms with E-state index in [1.54, 1.807) is 19.2 Å². The number of hydrogen-bond acceptors (Lipinski definition) is 2. The Labute approximate surface area is 119 Å². The predicted molar refractivity (Wildman–Crippen MR) is 80.1 cm³/mol. The fourth-order valence-corrected chi connectivity index (χ4v) is 1.92. The molecular formula is C14H12INO2. The first-order valence-corrected chi connectivity index (χ1v) is 6.48. The van der Waals surface area contributed by atoms with Crippen LogP contribution in [-0.2, 0) is 0 Å². The number of amides is 1. The number of carbonyl (C=O) groups excluding carboxylic acids is 1. The van der Waals surface area contributed by atoms with Gasteiger partial charge in [0.25, 0.3) is 5.91 Å². The molecule has 2 rings (SSSR count). The maximum Gasteiger partial charge on any atom is 0.259 e. The first-order chi connectivity index (χ1) is 8.70. The van der Waals surface area contributed by atoms with Gasteiger partial charge in [0.05, 0.1) is 12.7 Å². The van der Waals surface area contributed by atoms with Gasteiger partial charge in [0.2, 0.25) is 0 Å². The minimum Gasteiger partial charge on any atom is -0.496 e. The van der Waals surface area contributed by atoms with Crippen molar-refractivity contribution in [2.24, 2.45) is 0 Å². The maximum absolute atomic E-state index is 12.1. The molecule has 0 aliphatic carbocycles. The lowest BCUT2D eigenvalue weighted by Crippen LogP contribution is -2.12. The number of halogens is 1. The van der Waals surface area contributed by atoms with Crippen LogP contribution < -0.4 is 10.1 Å². The molecule has 1 amide bonds. The predicted octanol–water partition coefficient (Wildman–Crippen LogP) is 3.55. The molecule has 0 aliphatic heterocycles. The fraction of sp³-hybridized carbons (Fsp3) is 0.0714. The largest absolute Gasteiger partial charge is 0.496 e. The molecule has 0 atom stereocenters. The Bertz CT molecular complexity index is 552. The average Bonchev–Trinajstić information content (AvgIpc) is 2.41. The van der Waals surface area contributed by atoms with Gasteiger partial charge in [-0.3, -0.25) is 4.79 Å². The molecule has 18 heavy (non-hydrogen) atoms. The molecule has 2 aromatic rings. The van der Waals surface area contributed by atoms with Gasteiger partial charge < -0.3 is 10.1 Å². The van der Waals surface area contributed by atoms with Crippen LogP contribution in [0.25, 0.3) is 0 Å². The number of rotatable bonds is 3. The molecule has 0 saturated carbocycles. The van der Waals surface area contributed by atoms with E-state index in [2.05, 4.69) is 27.9 Å². The van der Waals surface area contributed by atoms with E-state index in [-0.39, 0.29) is 5.91 Å². The van der Waals surface area contributed by atoms with Crippen molar-refractivity contribution in [2.75, 3.05) is 12.4 Å². The average molecular weight is 353 g/mol. The summed E-state index contributed by atoms with van der Waals surface area (Å²) in [7, 11) is 1.55. The van der Waals surface area contributed by atoms with Crippen LogP contribution in [0.2, 0.25) is 0 Å². The van der Waals surface area contributed by atoms with E-state index < -0.39 is 0 Å². The molecule has 0 aliphatic rings. The second kappa shape index (κ2) is 5.86. The van der Waals surface area contributed by atoms with E-state index in [0.29, 0.717) is 11.3 Å². The number of ether oxygens (including phenoxy) is 1. The Hall–Kier alpha value is -1.56. The zero-order valence-electron chi connectivity index (χ0n) is 9.81. The molecule has 92 valence electrons. The molecule has 0 bridgehead atoms. The van der Waals surface area contributed by atoms with Gasteiger partial charge >= 0.3 is 0 Å². The van der Waals surface area contributed by atoms with Gasteiger partial charge in [-0.25, -0.2) is 0 Å². The number of para-hydroxylation sites is 1. The number of methoxy groups -OCH3 is 1. The molecule has 4 heteroatoms. The number of hydrogen-bond donors (Lipinski definition) is 1. The van der Waals surface area contributed by atoms with Crippen LogP contribution in [0.15, 0.2) is 48.5 Å². The standard InChI is InChI=1S/C14H12INO2/c1-18-13-5-3-2-4-12(13)14(17)16-11-8-6-10(15)7-9-11/h2-9H,1H3,(H,16,17). The molecular weight excluding hydrogens is 341 g/mol. The Balaban J connectivity index is 2.19. The van der Waals surface area contributed by atoms with Crippen molar-refractivity contribution in [2.45, 2.75) is 0 Å². The van der Waals surface area contributed by atoms with Crippen molar-refractivity contribution in [3.63, 3.8) is 0 Å². The van der Waals surface area contributed by atoms with Gasteiger partial charge in [0, 0.05) is 9.26 Å². The summed E-state index contributed by atoms with van der Waals surface area (Å²) in [6, 6.07) is 14.8. The topological polar surface area (TPSA) is 38.3 Å². The maximum atomic E-state index is 12.1. The zero-order valence-corrected chi connectivity index (χ0v) is 12.0. The van der Waals surface area contributed by atoms with E-state index in [9.17, 15) is 4.79 Å². The number of anilines is 1. The molecule has 0 saturated heterocycles. The smallest absolute Gasteiger partial charge is 0.259 e. The summed E-state index contributed by atoms with van der Waals surface area (Å²) >= 11 is 2.22. The number of benzene rings is 2. The van der Waals surface area contributed by atoms with Crippen LogP contribution in [-0.4, -0.2) is 13.0 Å². The van der Waals surface area contributed by atoms with E-state index >= 15 is 0 Å². The summed E-state index contributed by atoms with van der Waals surface area (Å²) in [5.41, 5.74) is 1.30. The molecule has 3 nitrogen and oxygen atoms in total. The summed E-state index contributed by atoms with van der Waals surface area (Å²) in [4.78, 5) is 12.1. The highest BCUT2D eigenvalue weighted by Crippen LogP contribution is 2.19. The van der Waals surface area contributed by atoms with Crippen molar-refractivity contribution in [1.29, 1.82) is 0 Å². The Kier molecular flexibility index (Phi) is 4.19. The van der Waals surface area contributed by atoms with Crippen molar-refractivity contribution in [3.05, 3.63) is 57.7 Å². The van der Waals surface area contributed by atoms with E-state index in [4.69, 9.17) is 4.74 Å². The van der Waals surface area contributed by atoms with Gasteiger partial charge in [0.15, 0.2) is 0 Å². The molecule has 2 aromatic carbocycles. The Morgan fingerprint density at radius 2 is 1.78 bits per heavy atom. The Morgan fingerprint density at radius 1 is 1.11 bits per heavy atom. The third kappa shape index (κ3) is 3.01. The van der Waals surface area contributed by atoms with Crippen molar-refractivity contribution >= 4 is 34.2 Å². The lowest BCUT2D eigenvalue weighted by atomic mass is 10.2. The van der Waals surface area contributed by atoms with E-state index in [0.717, 1.165) is 9.26 Å². The van der Waals surface area contributed by atoms with Gasteiger partial charge in [-0.05, 0) is 59.0 Å². The summed E-state index contributed by atoms with van der Waals surface area (Å²) in [5.74, 6) is 0.397. The highest BCUT2D eigenvalue weighted by molar-refractivity contribution is 14.1. The summed E-state index contributed by atoms with van der Waals surface area (Å²) < 4.78 is 6.29. The highest BCUT2D eigenvalue weighted by atomic mass is 127. The third-order valence-corrected chi connectivity index (χ3v) is 3.17. The van der Waals surface area contributed by atoms with Gasteiger partial charge in [-0.2, -0.15) is 0 Å². The zero-order chi connectivity index (χ0) is 13.0. The molecule has 0 unspecified atom stereocenters. The first kappa shape index (κ1) is 12.9. The highest BCUT2D eigenvalue weighted by Gasteiger charge is 2.11. The quantitative estimate of drug-likeness (QED) is 0.857. The molecule has 0 radical (unpaired) electrons.